The van der Waals surface area contributed by atoms with Crippen molar-refractivity contribution >= 4 is 0 Å². The summed E-state index contributed by atoms with van der Waals surface area (Å²) in [5, 5.41) is 11.7. The highest BCUT2D eigenvalue weighted by Crippen LogP contribution is 2.15. The Bertz CT molecular complexity index is 348. The van der Waals surface area contributed by atoms with Crippen LogP contribution in [0.1, 0.15) is 33.0 Å². The van der Waals surface area contributed by atoms with E-state index >= 15 is 0 Å². The fourth-order valence-electron chi connectivity index (χ4n) is 2.61. The lowest BCUT2D eigenvalue weighted by Crippen LogP contribution is -2.50. The molecule has 2 unspecified atom stereocenters. The third-order valence-corrected chi connectivity index (χ3v) is 3.73. The highest BCUT2D eigenvalue weighted by molar-refractivity contribution is 4.93. The molecule has 0 fully saturated rings. The number of fused-ring (bicyclic) bond motifs is 1. The Balaban J connectivity index is 1.99. The number of nitrogens with one attached hydrogen (secondary N) is 1. The first-order chi connectivity index (χ1) is 8.26. The predicted octanol–water partition coefficient (Wildman–Crippen LogP) is 0.870. The zero-order chi connectivity index (χ0) is 12.3. The molecule has 2 rings (SSSR count). The topological polar surface area (TPSA) is 46.0 Å². The van der Waals surface area contributed by atoms with Crippen molar-refractivity contribution in [2.75, 3.05) is 13.1 Å². The van der Waals surface area contributed by atoms with E-state index in [2.05, 4.69) is 45.8 Å². The lowest BCUT2D eigenvalue weighted by Gasteiger charge is -2.36. The maximum atomic E-state index is 4.17. The summed E-state index contributed by atoms with van der Waals surface area (Å²) in [6.45, 7) is 10.8. The second-order valence-electron chi connectivity index (χ2n) is 4.72. The molecule has 0 aliphatic carbocycles. The van der Waals surface area contributed by atoms with Gasteiger partial charge in [-0.1, -0.05) is 13.8 Å². The monoisotopic (exact) mass is 237 g/mol. The Kier molecular flexibility index (Phi) is 4.12. The van der Waals surface area contributed by atoms with Crippen molar-refractivity contribution in [1.82, 2.24) is 25.0 Å². The van der Waals surface area contributed by atoms with Crippen LogP contribution >= 0.6 is 0 Å². The van der Waals surface area contributed by atoms with Crippen molar-refractivity contribution < 1.29 is 0 Å². The lowest BCUT2D eigenvalue weighted by atomic mass is 10.0. The first-order valence-electron chi connectivity index (χ1n) is 6.60. The third kappa shape index (κ3) is 2.66. The van der Waals surface area contributed by atoms with Gasteiger partial charge in [-0.2, -0.15) is 0 Å². The number of nitrogens with zero attached hydrogens (tertiary/aromatic N) is 4. The van der Waals surface area contributed by atoms with Gasteiger partial charge in [0.2, 0.25) is 0 Å². The molecule has 2 atom stereocenters. The van der Waals surface area contributed by atoms with Gasteiger partial charge >= 0.3 is 0 Å². The quantitative estimate of drug-likeness (QED) is 0.825. The summed E-state index contributed by atoms with van der Waals surface area (Å²) in [5.74, 6) is 1.09. The highest BCUT2D eigenvalue weighted by atomic mass is 15.3. The Hall–Kier alpha value is -0.940. The Morgan fingerprint density at radius 2 is 2.24 bits per heavy atom. The zero-order valence-corrected chi connectivity index (χ0v) is 11.1. The number of rotatable bonds is 5. The Labute approximate surface area is 103 Å². The molecule has 2 heterocycles. The standard InChI is InChI=1S/C12H23N5/c1-4-11(13-5-2)10(3)16-6-7-17-9-14-15-12(17)8-16/h9-11,13H,4-8H2,1-3H3. The van der Waals surface area contributed by atoms with Crippen LogP contribution in [0.5, 0.6) is 0 Å². The van der Waals surface area contributed by atoms with Gasteiger partial charge in [-0.3, -0.25) is 4.90 Å². The molecule has 17 heavy (non-hydrogen) atoms. The summed E-state index contributed by atoms with van der Waals surface area (Å²) in [6.07, 6.45) is 3.00. The van der Waals surface area contributed by atoms with Crippen molar-refractivity contribution in [3.63, 3.8) is 0 Å². The molecule has 1 aliphatic rings. The van der Waals surface area contributed by atoms with Crippen LogP contribution in [0.2, 0.25) is 0 Å². The molecule has 0 radical (unpaired) electrons. The average molecular weight is 237 g/mol. The van der Waals surface area contributed by atoms with Crippen molar-refractivity contribution in [3.05, 3.63) is 12.2 Å². The van der Waals surface area contributed by atoms with E-state index in [9.17, 15) is 0 Å². The van der Waals surface area contributed by atoms with Crippen LogP contribution < -0.4 is 5.32 Å². The first kappa shape index (κ1) is 12.5. The van der Waals surface area contributed by atoms with Crippen LogP contribution in [0.25, 0.3) is 0 Å². The molecule has 1 N–H and O–H groups in total. The second kappa shape index (κ2) is 5.60. The van der Waals surface area contributed by atoms with E-state index in [1.54, 1.807) is 0 Å². The summed E-state index contributed by atoms with van der Waals surface area (Å²) < 4.78 is 2.15. The minimum atomic E-state index is 0.547. The molecule has 0 saturated heterocycles. The van der Waals surface area contributed by atoms with Crippen LogP contribution in [0.3, 0.4) is 0 Å². The second-order valence-corrected chi connectivity index (χ2v) is 4.72. The van der Waals surface area contributed by atoms with Gasteiger partial charge in [0, 0.05) is 25.2 Å². The summed E-state index contributed by atoms with van der Waals surface area (Å²) in [7, 11) is 0. The molecule has 96 valence electrons. The van der Waals surface area contributed by atoms with Gasteiger partial charge in [0.05, 0.1) is 6.54 Å². The van der Waals surface area contributed by atoms with Gasteiger partial charge in [0.25, 0.3) is 0 Å². The predicted molar refractivity (Wildman–Crippen MR) is 67.6 cm³/mol. The minimum absolute atomic E-state index is 0.547. The fourth-order valence-corrected chi connectivity index (χ4v) is 2.61. The Morgan fingerprint density at radius 1 is 1.41 bits per heavy atom. The molecule has 0 spiro atoms. The molecular weight excluding hydrogens is 214 g/mol. The fraction of sp³-hybridized carbons (Fsp3) is 0.833. The van der Waals surface area contributed by atoms with Crippen molar-refractivity contribution in [3.8, 4) is 0 Å². The number of hydrogen-bond donors (Lipinski definition) is 1. The van der Waals surface area contributed by atoms with Crippen LogP contribution in [0, 0.1) is 0 Å². The Morgan fingerprint density at radius 3 is 2.94 bits per heavy atom. The van der Waals surface area contributed by atoms with Gasteiger partial charge in [0.1, 0.15) is 12.2 Å². The summed E-state index contributed by atoms with van der Waals surface area (Å²) in [5.41, 5.74) is 0. The lowest BCUT2D eigenvalue weighted by molar-refractivity contribution is 0.130. The van der Waals surface area contributed by atoms with E-state index < -0.39 is 0 Å². The van der Waals surface area contributed by atoms with Crippen LogP contribution in [-0.2, 0) is 13.1 Å². The van der Waals surface area contributed by atoms with Gasteiger partial charge in [-0.15, -0.1) is 10.2 Å². The minimum Gasteiger partial charge on any atom is -0.315 e. The molecule has 5 heteroatoms. The number of aromatic nitrogens is 3. The van der Waals surface area contributed by atoms with Crippen molar-refractivity contribution in [1.29, 1.82) is 0 Å². The van der Waals surface area contributed by atoms with E-state index in [0.29, 0.717) is 12.1 Å². The van der Waals surface area contributed by atoms with E-state index in [-0.39, 0.29) is 0 Å². The van der Waals surface area contributed by atoms with Gasteiger partial charge in [-0.05, 0) is 19.9 Å². The smallest absolute Gasteiger partial charge is 0.147 e. The van der Waals surface area contributed by atoms with Crippen LogP contribution in [0.15, 0.2) is 6.33 Å². The largest absolute Gasteiger partial charge is 0.315 e. The normalized spacial score (nSPS) is 19.9. The maximum Gasteiger partial charge on any atom is 0.147 e. The van der Waals surface area contributed by atoms with Crippen LogP contribution in [-0.4, -0.2) is 44.8 Å². The molecule has 0 aromatic carbocycles. The summed E-state index contributed by atoms with van der Waals surface area (Å²) in [6, 6.07) is 1.11. The van der Waals surface area contributed by atoms with E-state index in [1.807, 2.05) is 6.33 Å². The molecule has 1 aromatic rings. The van der Waals surface area contributed by atoms with Gasteiger partial charge < -0.3 is 9.88 Å². The zero-order valence-electron chi connectivity index (χ0n) is 11.1. The van der Waals surface area contributed by atoms with E-state index in [4.69, 9.17) is 0 Å². The van der Waals surface area contributed by atoms with Gasteiger partial charge in [0.15, 0.2) is 0 Å². The molecule has 0 bridgehead atoms. The van der Waals surface area contributed by atoms with Crippen molar-refractivity contribution in [2.24, 2.45) is 0 Å². The SMILES string of the molecule is CCNC(CC)C(C)N1CCn2cnnc2C1. The molecular formula is C12H23N5. The highest BCUT2D eigenvalue weighted by Gasteiger charge is 2.25. The van der Waals surface area contributed by atoms with E-state index in [0.717, 1.165) is 38.4 Å². The molecule has 1 aromatic heterocycles. The summed E-state index contributed by atoms with van der Waals surface area (Å²) in [4.78, 5) is 2.50. The molecule has 1 aliphatic heterocycles. The van der Waals surface area contributed by atoms with Crippen LogP contribution in [0.4, 0.5) is 0 Å². The summed E-state index contributed by atoms with van der Waals surface area (Å²) >= 11 is 0. The van der Waals surface area contributed by atoms with E-state index in [1.165, 1.54) is 0 Å². The number of hydrogen-bond acceptors (Lipinski definition) is 4. The molecule has 0 amide bonds. The maximum absolute atomic E-state index is 4.17. The number of likely N-dealkylation sites (N-methyl/N-ethyl adjacent to an activating group) is 1. The average Bonchev–Trinajstić information content (AvgIpc) is 2.82. The van der Waals surface area contributed by atoms with Gasteiger partial charge in [-0.25, -0.2) is 0 Å². The molecule has 0 saturated carbocycles. The molecule has 5 nitrogen and oxygen atoms in total. The van der Waals surface area contributed by atoms with Crippen molar-refractivity contribution in [2.45, 2.75) is 52.4 Å². The third-order valence-electron chi connectivity index (χ3n) is 3.73. The first-order valence-corrected chi connectivity index (χ1v) is 6.60.